The lowest BCUT2D eigenvalue weighted by atomic mass is 10.2. The molecule has 1 aromatic carbocycles. The zero-order valence-corrected chi connectivity index (χ0v) is 17.4. The molecule has 2 aromatic heterocycles. The summed E-state index contributed by atoms with van der Waals surface area (Å²) in [6.45, 7) is 3.52. The molecule has 8 nitrogen and oxygen atoms in total. The maximum Gasteiger partial charge on any atom is 0.258 e. The fourth-order valence-corrected chi connectivity index (χ4v) is 3.62. The highest BCUT2D eigenvalue weighted by molar-refractivity contribution is 6.40. The van der Waals surface area contributed by atoms with Gasteiger partial charge in [0.25, 0.3) is 5.91 Å². The second kappa shape index (κ2) is 9.25. The van der Waals surface area contributed by atoms with Gasteiger partial charge in [0.2, 0.25) is 5.95 Å². The van der Waals surface area contributed by atoms with E-state index < -0.39 is 5.91 Å². The molecular weight excluding hydrogens is 425 g/mol. The van der Waals surface area contributed by atoms with Crippen LogP contribution < -0.4 is 20.9 Å². The van der Waals surface area contributed by atoms with Crippen LogP contribution in [0.4, 0.5) is 23.3 Å². The van der Waals surface area contributed by atoms with Gasteiger partial charge < -0.3 is 20.9 Å². The lowest BCUT2D eigenvalue weighted by Gasteiger charge is -2.27. The van der Waals surface area contributed by atoms with Crippen LogP contribution in [0.2, 0.25) is 10.0 Å². The molecule has 4 rings (SSSR count). The van der Waals surface area contributed by atoms with Gasteiger partial charge in [0.15, 0.2) is 0 Å². The number of anilines is 4. The molecule has 10 heteroatoms. The SMILES string of the molecule is O=C(Nc1ccnc(Nc2ccnc(N3CCNCC3)n2)c1)c1c(Cl)cccc1Cl. The zero-order chi connectivity index (χ0) is 20.9. The Bertz CT molecular complexity index is 1040. The number of pyridine rings is 1. The minimum Gasteiger partial charge on any atom is -0.338 e. The van der Waals surface area contributed by atoms with E-state index in [1.807, 2.05) is 0 Å². The van der Waals surface area contributed by atoms with Crippen molar-refractivity contribution in [3.63, 3.8) is 0 Å². The van der Waals surface area contributed by atoms with Crippen LogP contribution in [-0.4, -0.2) is 47.0 Å². The van der Waals surface area contributed by atoms with Crippen molar-refractivity contribution < 1.29 is 4.79 Å². The number of carbonyl (C=O) groups excluding carboxylic acids is 1. The Labute approximate surface area is 183 Å². The number of nitrogens with one attached hydrogen (secondary N) is 3. The first kappa shape index (κ1) is 20.3. The summed E-state index contributed by atoms with van der Waals surface area (Å²) in [5, 5.41) is 9.82. The minimum atomic E-state index is -0.397. The zero-order valence-electron chi connectivity index (χ0n) is 15.9. The molecule has 1 saturated heterocycles. The fraction of sp³-hybridized carbons (Fsp3) is 0.200. The highest BCUT2D eigenvalue weighted by Crippen LogP contribution is 2.26. The number of piperazine rings is 1. The number of amides is 1. The number of rotatable bonds is 5. The van der Waals surface area contributed by atoms with Crippen molar-refractivity contribution in [2.24, 2.45) is 0 Å². The molecule has 0 radical (unpaired) electrons. The highest BCUT2D eigenvalue weighted by atomic mass is 35.5. The summed E-state index contributed by atoms with van der Waals surface area (Å²) in [5.41, 5.74) is 0.772. The predicted molar refractivity (Wildman–Crippen MR) is 119 cm³/mol. The number of carbonyl (C=O) groups is 1. The average molecular weight is 444 g/mol. The third kappa shape index (κ3) is 4.79. The summed E-state index contributed by atoms with van der Waals surface area (Å²) in [6, 6.07) is 10.1. The molecule has 0 bridgehead atoms. The largest absolute Gasteiger partial charge is 0.338 e. The summed E-state index contributed by atoms with van der Waals surface area (Å²) in [6.07, 6.45) is 3.29. The molecule has 1 amide bonds. The Hall–Kier alpha value is -2.94. The van der Waals surface area contributed by atoms with Gasteiger partial charge in [0.1, 0.15) is 11.6 Å². The second-order valence-electron chi connectivity index (χ2n) is 6.58. The van der Waals surface area contributed by atoms with Crippen LogP contribution in [-0.2, 0) is 0 Å². The quantitative estimate of drug-likeness (QED) is 0.554. The van der Waals surface area contributed by atoms with Gasteiger partial charge in [0.05, 0.1) is 15.6 Å². The van der Waals surface area contributed by atoms with E-state index in [1.54, 1.807) is 48.8 Å². The van der Waals surface area contributed by atoms with Gasteiger partial charge in [-0.25, -0.2) is 9.97 Å². The molecule has 3 aromatic rings. The van der Waals surface area contributed by atoms with Crippen LogP contribution >= 0.6 is 23.2 Å². The third-order valence-corrected chi connectivity index (χ3v) is 5.14. The molecule has 0 unspecified atom stereocenters. The van der Waals surface area contributed by atoms with Crippen LogP contribution in [0.5, 0.6) is 0 Å². The van der Waals surface area contributed by atoms with Crippen molar-refractivity contribution in [2.45, 2.75) is 0 Å². The van der Waals surface area contributed by atoms with Crippen molar-refractivity contribution in [1.29, 1.82) is 0 Å². The standard InChI is InChI=1S/C20H19Cl2N7O/c21-14-2-1-3-15(22)18(14)19(30)26-13-4-6-24-17(12-13)27-16-5-7-25-20(28-16)29-10-8-23-9-11-29/h1-7,12,23H,8-11H2,(H2,24,25,26,27,28,30). The maximum atomic E-state index is 12.6. The topological polar surface area (TPSA) is 95.1 Å². The lowest BCUT2D eigenvalue weighted by Crippen LogP contribution is -2.44. The van der Waals surface area contributed by atoms with Gasteiger partial charge in [-0.3, -0.25) is 4.79 Å². The average Bonchev–Trinajstić information content (AvgIpc) is 2.75. The number of benzene rings is 1. The second-order valence-corrected chi connectivity index (χ2v) is 7.40. The minimum absolute atomic E-state index is 0.226. The molecule has 0 atom stereocenters. The van der Waals surface area contributed by atoms with E-state index in [0.717, 1.165) is 26.2 Å². The number of nitrogens with zero attached hydrogens (tertiary/aromatic N) is 4. The van der Waals surface area contributed by atoms with Crippen LogP contribution in [0.15, 0.2) is 48.8 Å². The Kier molecular flexibility index (Phi) is 6.27. The first-order chi connectivity index (χ1) is 14.6. The molecule has 3 N–H and O–H groups in total. The Balaban J connectivity index is 1.48. The monoisotopic (exact) mass is 443 g/mol. The van der Waals surface area contributed by atoms with Crippen LogP contribution in [0.25, 0.3) is 0 Å². The summed E-state index contributed by atoms with van der Waals surface area (Å²) in [5.74, 6) is 1.41. The van der Waals surface area contributed by atoms with Crippen molar-refractivity contribution in [2.75, 3.05) is 41.7 Å². The molecule has 1 fully saturated rings. The Morgan fingerprint density at radius 3 is 2.50 bits per heavy atom. The van der Waals surface area contributed by atoms with Crippen molar-refractivity contribution in [1.82, 2.24) is 20.3 Å². The Morgan fingerprint density at radius 2 is 1.73 bits per heavy atom. The van der Waals surface area contributed by atoms with E-state index in [0.29, 0.717) is 23.3 Å². The predicted octanol–water partition coefficient (Wildman–Crippen LogP) is 3.58. The van der Waals surface area contributed by atoms with Gasteiger partial charge in [0, 0.05) is 50.3 Å². The molecule has 154 valence electrons. The van der Waals surface area contributed by atoms with E-state index in [1.165, 1.54) is 0 Å². The smallest absolute Gasteiger partial charge is 0.258 e. The van der Waals surface area contributed by atoms with Crippen molar-refractivity contribution >= 4 is 52.4 Å². The van der Waals surface area contributed by atoms with Crippen LogP contribution in [0.3, 0.4) is 0 Å². The third-order valence-electron chi connectivity index (χ3n) is 4.51. The molecular formula is C20H19Cl2N7O. The summed E-state index contributed by atoms with van der Waals surface area (Å²) in [7, 11) is 0. The molecule has 1 aliphatic rings. The van der Waals surface area contributed by atoms with E-state index in [-0.39, 0.29) is 15.6 Å². The maximum absolute atomic E-state index is 12.6. The van der Waals surface area contributed by atoms with Gasteiger partial charge in [-0.05, 0) is 24.3 Å². The number of aromatic nitrogens is 3. The molecule has 0 spiro atoms. The number of hydrogen-bond acceptors (Lipinski definition) is 7. The fourth-order valence-electron chi connectivity index (χ4n) is 3.05. The first-order valence-corrected chi connectivity index (χ1v) is 10.1. The van der Waals surface area contributed by atoms with E-state index >= 15 is 0 Å². The lowest BCUT2D eigenvalue weighted by molar-refractivity contribution is 0.102. The molecule has 3 heterocycles. The van der Waals surface area contributed by atoms with Gasteiger partial charge in [-0.2, -0.15) is 4.98 Å². The first-order valence-electron chi connectivity index (χ1n) is 9.37. The van der Waals surface area contributed by atoms with Gasteiger partial charge in [-0.15, -0.1) is 0 Å². The number of hydrogen-bond donors (Lipinski definition) is 3. The van der Waals surface area contributed by atoms with Crippen molar-refractivity contribution in [3.05, 3.63) is 64.4 Å². The van der Waals surface area contributed by atoms with E-state index in [2.05, 4.69) is 35.8 Å². The highest BCUT2D eigenvalue weighted by Gasteiger charge is 2.16. The molecule has 30 heavy (non-hydrogen) atoms. The normalized spacial score (nSPS) is 13.7. The molecule has 0 aliphatic carbocycles. The molecule has 1 aliphatic heterocycles. The van der Waals surface area contributed by atoms with Gasteiger partial charge in [-0.1, -0.05) is 29.3 Å². The summed E-state index contributed by atoms with van der Waals surface area (Å²) < 4.78 is 0. The van der Waals surface area contributed by atoms with E-state index in [9.17, 15) is 4.79 Å². The number of halogens is 2. The Morgan fingerprint density at radius 1 is 1.00 bits per heavy atom. The summed E-state index contributed by atoms with van der Waals surface area (Å²) >= 11 is 12.2. The molecule has 0 saturated carbocycles. The van der Waals surface area contributed by atoms with E-state index in [4.69, 9.17) is 23.2 Å². The summed E-state index contributed by atoms with van der Waals surface area (Å²) in [4.78, 5) is 27.9. The van der Waals surface area contributed by atoms with Crippen LogP contribution in [0, 0.1) is 0 Å². The van der Waals surface area contributed by atoms with Gasteiger partial charge >= 0.3 is 0 Å². The van der Waals surface area contributed by atoms with Crippen LogP contribution in [0.1, 0.15) is 10.4 Å². The van der Waals surface area contributed by atoms with Crippen molar-refractivity contribution in [3.8, 4) is 0 Å².